The fraction of sp³-hybridized carbons (Fsp3) is 0.0385. The lowest BCUT2D eigenvalue weighted by Crippen LogP contribution is -2.13. The summed E-state index contributed by atoms with van der Waals surface area (Å²) in [6, 6.07) is 18.7. The first kappa shape index (κ1) is 24.3. The van der Waals surface area contributed by atoms with Crippen LogP contribution >= 0.6 is 11.6 Å². The average molecular weight is 531 g/mol. The third kappa shape index (κ3) is 5.25. The summed E-state index contributed by atoms with van der Waals surface area (Å²) in [6.07, 6.45) is 4.86. The molecule has 0 saturated heterocycles. The molecule has 2 N–H and O–H groups in total. The number of carbonyl (C=O) groups is 1. The maximum absolute atomic E-state index is 12.8. The molecule has 0 fully saturated rings. The molecular weight excluding hydrogens is 512 g/mol. The number of nitrogens with zero attached hydrogens (tertiary/aromatic N) is 4. The summed E-state index contributed by atoms with van der Waals surface area (Å²) in [6.45, 7) is 1.39. The van der Waals surface area contributed by atoms with E-state index in [0.29, 0.717) is 16.8 Å². The number of hydrogen-bond donors (Lipinski definition) is 2. The van der Waals surface area contributed by atoms with E-state index in [2.05, 4.69) is 30.0 Å². The average Bonchev–Trinajstić information content (AvgIpc) is 2.90. The van der Waals surface area contributed by atoms with E-state index in [1.807, 2.05) is 24.3 Å². The minimum Gasteiger partial charge on any atom is -0.295 e. The number of benzene rings is 2. The third-order valence-electron chi connectivity index (χ3n) is 5.41. The molecule has 0 aliphatic rings. The zero-order valence-corrected chi connectivity index (χ0v) is 21.0. The van der Waals surface area contributed by atoms with Gasteiger partial charge < -0.3 is 0 Å². The second-order valence-corrected chi connectivity index (χ2v) is 10.1. The van der Waals surface area contributed by atoms with Gasteiger partial charge in [0.05, 0.1) is 21.8 Å². The molecule has 0 aliphatic heterocycles. The molecule has 11 heteroatoms. The SMILES string of the molecule is CC(=O)Nc1nc(-c2ccncc2)c2cc(-c3cnc(Cl)c(NS(=O)(=O)c4ccccc4)c3)ccc2n1. The van der Waals surface area contributed by atoms with E-state index in [4.69, 9.17) is 11.6 Å². The van der Waals surface area contributed by atoms with Gasteiger partial charge in [0, 0.05) is 42.0 Å². The van der Waals surface area contributed by atoms with E-state index in [1.54, 1.807) is 48.9 Å². The Hall–Kier alpha value is -4.41. The standard InChI is InChI=1S/C26H19ClN6O3S/c1-16(34)30-26-31-22-8-7-18(13-21(22)24(32-26)17-9-11-28-12-10-17)19-14-23(25(27)29-15-19)33-37(35,36)20-5-3-2-4-6-20/h2-15,33H,1H3,(H,30,31,32,34). The number of carbonyl (C=O) groups excluding carboxylic acids is 1. The van der Waals surface area contributed by atoms with Gasteiger partial charge in [0.1, 0.15) is 0 Å². The van der Waals surface area contributed by atoms with Crippen LogP contribution in [-0.4, -0.2) is 34.3 Å². The molecule has 0 saturated carbocycles. The van der Waals surface area contributed by atoms with Crippen LogP contribution in [0.3, 0.4) is 0 Å². The molecule has 37 heavy (non-hydrogen) atoms. The summed E-state index contributed by atoms with van der Waals surface area (Å²) >= 11 is 6.24. The molecule has 3 heterocycles. The highest BCUT2D eigenvalue weighted by atomic mass is 35.5. The Bertz CT molecular complexity index is 1730. The van der Waals surface area contributed by atoms with E-state index >= 15 is 0 Å². The first-order valence-electron chi connectivity index (χ1n) is 11.0. The Morgan fingerprint density at radius 1 is 0.892 bits per heavy atom. The maximum Gasteiger partial charge on any atom is 0.261 e. The Labute approximate surface area is 217 Å². The molecule has 0 radical (unpaired) electrons. The number of nitrogens with one attached hydrogen (secondary N) is 2. The summed E-state index contributed by atoms with van der Waals surface area (Å²) in [7, 11) is -3.86. The lowest BCUT2D eigenvalue weighted by atomic mass is 10.0. The van der Waals surface area contributed by atoms with E-state index < -0.39 is 10.0 Å². The monoisotopic (exact) mass is 530 g/mol. The Morgan fingerprint density at radius 2 is 1.65 bits per heavy atom. The molecule has 5 rings (SSSR count). The third-order valence-corrected chi connectivity index (χ3v) is 7.09. The molecule has 2 aromatic carbocycles. The summed E-state index contributed by atoms with van der Waals surface area (Å²) < 4.78 is 28.2. The van der Waals surface area contributed by atoms with Crippen molar-refractivity contribution >= 4 is 50.1 Å². The topological polar surface area (TPSA) is 127 Å². The quantitative estimate of drug-likeness (QED) is 0.290. The summed E-state index contributed by atoms with van der Waals surface area (Å²) in [5, 5.41) is 3.38. The normalized spacial score (nSPS) is 11.3. The molecule has 0 bridgehead atoms. The van der Waals surface area contributed by atoms with Crippen LogP contribution in [0.1, 0.15) is 6.92 Å². The number of halogens is 1. The van der Waals surface area contributed by atoms with Crippen LogP contribution in [0.2, 0.25) is 5.15 Å². The summed E-state index contributed by atoms with van der Waals surface area (Å²) in [4.78, 5) is 29.0. The van der Waals surface area contributed by atoms with Gasteiger partial charge in [0.15, 0.2) is 5.15 Å². The lowest BCUT2D eigenvalue weighted by molar-refractivity contribution is -0.114. The molecule has 9 nitrogen and oxygen atoms in total. The highest BCUT2D eigenvalue weighted by molar-refractivity contribution is 7.92. The van der Waals surface area contributed by atoms with Crippen LogP contribution in [0.4, 0.5) is 11.6 Å². The van der Waals surface area contributed by atoms with Crippen LogP contribution in [0, 0.1) is 0 Å². The molecule has 0 unspecified atom stereocenters. The van der Waals surface area contributed by atoms with Crippen LogP contribution < -0.4 is 10.0 Å². The van der Waals surface area contributed by atoms with Gasteiger partial charge in [-0.2, -0.15) is 0 Å². The first-order valence-corrected chi connectivity index (χ1v) is 12.9. The number of anilines is 2. The van der Waals surface area contributed by atoms with Crippen molar-refractivity contribution in [3.63, 3.8) is 0 Å². The number of hydrogen-bond acceptors (Lipinski definition) is 7. The lowest BCUT2D eigenvalue weighted by Gasteiger charge is -2.13. The highest BCUT2D eigenvalue weighted by Crippen LogP contribution is 2.33. The summed E-state index contributed by atoms with van der Waals surface area (Å²) in [5.41, 5.74) is 3.52. The van der Waals surface area contributed by atoms with Crippen molar-refractivity contribution in [3.8, 4) is 22.4 Å². The van der Waals surface area contributed by atoms with E-state index in [-0.39, 0.29) is 27.6 Å². The Kier molecular flexibility index (Phi) is 6.51. The van der Waals surface area contributed by atoms with E-state index in [0.717, 1.165) is 16.5 Å². The van der Waals surface area contributed by atoms with Crippen molar-refractivity contribution in [2.45, 2.75) is 11.8 Å². The fourth-order valence-corrected chi connectivity index (χ4v) is 5.02. The van der Waals surface area contributed by atoms with Gasteiger partial charge in [-0.15, -0.1) is 0 Å². The number of amides is 1. The molecule has 0 atom stereocenters. The maximum atomic E-state index is 12.8. The number of rotatable bonds is 6. The molecule has 5 aromatic rings. The smallest absolute Gasteiger partial charge is 0.261 e. The van der Waals surface area contributed by atoms with E-state index in [1.165, 1.54) is 19.1 Å². The minimum atomic E-state index is -3.86. The first-order chi connectivity index (χ1) is 17.8. The highest BCUT2D eigenvalue weighted by Gasteiger charge is 2.17. The van der Waals surface area contributed by atoms with Gasteiger partial charge in [-0.05, 0) is 48.0 Å². The van der Waals surface area contributed by atoms with Crippen molar-refractivity contribution in [2.75, 3.05) is 10.0 Å². The number of fused-ring (bicyclic) bond motifs is 1. The van der Waals surface area contributed by atoms with Crippen molar-refractivity contribution in [3.05, 3.63) is 90.5 Å². The number of pyridine rings is 2. The van der Waals surface area contributed by atoms with Crippen molar-refractivity contribution < 1.29 is 13.2 Å². The van der Waals surface area contributed by atoms with Crippen LogP contribution in [0.5, 0.6) is 0 Å². The zero-order valence-electron chi connectivity index (χ0n) is 19.4. The zero-order chi connectivity index (χ0) is 26.0. The van der Waals surface area contributed by atoms with Crippen molar-refractivity contribution in [1.82, 2.24) is 19.9 Å². The molecule has 184 valence electrons. The summed E-state index contributed by atoms with van der Waals surface area (Å²) in [5.74, 6) is -0.0975. The molecule has 0 aliphatic carbocycles. The van der Waals surface area contributed by atoms with Gasteiger partial charge >= 0.3 is 0 Å². The van der Waals surface area contributed by atoms with Gasteiger partial charge in [-0.1, -0.05) is 35.9 Å². The van der Waals surface area contributed by atoms with Gasteiger partial charge in [0.25, 0.3) is 10.0 Å². The molecular formula is C26H19ClN6O3S. The predicted octanol–water partition coefficient (Wildman–Crippen LogP) is 5.17. The van der Waals surface area contributed by atoms with Crippen LogP contribution in [0.15, 0.2) is 90.2 Å². The Morgan fingerprint density at radius 3 is 2.38 bits per heavy atom. The fourth-order valence-electron chi connectivity index (χ4n) is 3.73. The van der Waals surface area contributed by atoms with Crippen molar-refractivity contribution in [2.24, 2.45) is 0 Å². The second-order valence-electron chi connectivity index (χ2n) is 8.03. The number of sulfonamides is 1. The second kappa shape index (κ2) is 9.92. The predicted molar refractivity (Wildman–Crippen MR) is 143 cm³/mol. The molecule has 1 amide bonds. The molecule has 0 spiro atoms. The van der Waals surface area contributed by atoms with Gasteiger partial charge in [-0.25, -0.2) is 23.4 Å². The Balaban J connectivity index is 1.60. The largest absolute Gasteiger partial charge is 0.295 e. The minimum absolute atomic E-state index is 0.0183. The van der Waals surface area contributed by atoms with E-state index in [9.17, 15) is 13.2 Å². The number of aromatic nitrogens is 4. The van der Waals surface area contributed by atoms with Crippen LogP contribution in [0.25, 0.3) is 33.3 Å². The van der Waals surface area contributed by atoms with Crippen LogP contribution in [-0.2, 0) is 14.8 Å². The van der Waals surface area contributed by atoms with Crippen molar-refractivity contribution in [1.29, 1.82) is 0 Å². The van der Waals surface area contributed by atoms with Gasteiger partial charge in [0.2, 0.25) is 11.9 Å². The molecule has 3 aromatic heterocycles. The van der Waals surface area contributed by atoms with Gasteiger partial charge in [-0.3, -0.25) is 19.8 Å².